The minimum atomic E-state index is -0.0730. The lowest BCUT2D eigenvalue weighted by Gasteiger charge is -2.28. The van der Waals surface area contributed by atoms with Crippen molar-refractivity contribution < 1.29 is 19.2 Å². The van der Waals surface area contributed by atoms with Crippen molar-refractivity contribution in [3.63, 3.8) is 0 Å². The highest BCUT2D eigenvalue weighted by atomic mass is 16.5. The molecule has 1 aliphatic rings. The summed E-state index contributed by atoms with van der Waals surface area (Å²) in [7, 11) is 0. The Labute approximate surface area is 183 Å². The van der Waals surface area contributed by atoms with Crippen LogP contribution in [0.4, 0.5) is 0 Å². The first-order valence-corrected chi connectivity index (χ1v) is 10.8. The van der Waals surface area contributed by atoms with Crippen molar-refractivity contribution in [2.24, 2.45) is 0 Å². The fourth-order valence-corrected chi connectivity index (χ4v) is 3.78. The number of ether oxygens (including phenoxy) is 2. The Morgan fingerprint density at radius 2 is 1.55 bits per heavy atom. The number of hydrogen-bond donors (Lipinski definition) is 2. The van der Waals surface area contributed by atoms with Crippen LogP contribution in [-0.2, 0) is 11.3 Å². The molecule has 0 unspecified atom stereocenters. The molecule has 160 valence electrons. The number of benzene rings is 3. The van der Waals surface area contributed by atoms with Crippen LogP contribution in [-0.4, -0.2) is 38.8 Å². The van der Waals surface area contributed by atoms with Gasteiger partial charge < -0.3 is 19.7 Å². The predicted molar refractivity (Wildman–Crippen MR) is 120 cm³/mol. The maximum Gasteiger partial charge on any atom is 0.251 e. The standard InChI is InChI=1S/C26H28N2O3/c29-26(23-11-13-24(14-12-23)31-20-21-7-3-1-4-8-21)27-25(22-9-5-2-6-10-22)19-28-15-17-30-18-16-28/h1-14,25H,15-20H2,(H,27,29)/p+1/t25-/m1/s1. The van der Waals surface area contributed by atoms with Crippen molar-refractivity contribution >= 4 is 5.91 Å². The van der Waals surface area contributed by atoms with Crippen LogP contribution in [0.2, 0.25) is 0 Å². The molecule has 4 rings (SSSR count). The average molecular weight is 418 g/mol. The molecule has 5 heteroatoms. The molecule has 0 saturated carbocycles. The van der Waals surface area contributed by atoms with E-state index in [2.05, 4.69) is 17.4 Å². The van der Waals surface area contributed by atoms with Crippen LogP contribution in [0.15, 0.2) is 84.9 Å². The first-order chi connectivity index (χ1) is 15.3. The number of nitrogens with one attached hydrogen (secondary N) is 2. The Hall–Kier alpha value is -3.15. The highest BCUT2D eigenvalue weighted by Gasteiger charge is 2.23. The first-order valence-electron chi connectivity index (χ1n) is 10.8. The van der Waals surface area contributed by atoms with Crippen LogP contribution in [0, 0.1) is 0 Å². The molecule has 2 N–H and O–H groups in total. The Morgan fingerprint density at radius 1 is 0.903 bits per heavy atom. The third-order valence-corrected chi connectivity index (χ3v) is 5.56. The summed E-state index contributed by atoms with van der Waals surface area (Å²) in [5, 5.41) is 3.23. The number of amides is 1. The highest BCUT2D eigenvalue weighted by molar-refractivity contribution is 5.94. The van der Waals surface area contributed by atoms with Crippen molar-refractivity contribution in [2.45, 2.75) is 12.6 Å². The lowest BCUT2D eigenvalue weighted by atomic mass is 10.1. The summed E-state index contributed by atoms with van der Waals surface area (Å²) in [6.07, 6.45) is 0. The van der Waals surface area contributed by atoms with Gasteiger partial charge in [-0.1, -0.05) is 60.7 Å². The van der Waals surface area contributed by atoms with Crippen LogP contribution in [0.1, 0.15) is 27.5 Å². The normalized spacial score (nSPS) is 15.2. The van der Waals surface area contributed by atoms with E-state index in [1.807, 2.05) is 72.8 Å². The zero-order valence-corrected chi connectivity index (χ0v) is 17.6. The molecule has 0 radical (unpaired) electrons. The van der Waals surface area contributed by atoms with E-state index >= 15 is 0 Å². The van der Waals surface area contributed by atoms with Gasteiger partial charge in [0.1, 0.15) is 38.0 Å². The molecule has 1 amide bonds. The van der Waals surface area contributed by atoms with E-state index in [0.29, 0.717) is 12.2 Å². The molecule has 1 atom stereocenters. The van der Waals surface area contributed by atoms with Crippen molar-refractivity contribution in [2.75, 3.05) is 32.8 Å². The van der Waals surface area contributed by atoms with Gasteiger partial charge in [0.15, 0.2) is 0 Å². The molecule has 3 aromatic rings. The molecule has 31 heavy (non-hydrogen) atoms. The third kappa shape index (κ3) is 6.17. The SMILES string of the molecule is O=C(N[C@H](C[NH+]1CCOCC1)c1ccccc1)c1ccc(OCc2ccccc2)cc1. The monoisotopic (exact) mass is 417 g/mol. The van der Waals surface area contributed by atoms with Crippen LogP contribution in [0.5, 0.6) is 5.75 Å². The number of quaternary nitrogens is 1. The smallest absolute Gasteiger partial charge is 0.251 e. The van der Waals surface area contributed by atoms with Crippen molar-refractivity contribution in [3.05, 3.63) is 102 Å². The summed E-state index contributed by atoms with van der Waals surface area (Å²) >= 11 is 0. The number of hydrogen-bond acceptors (Lipinski definition) is 3. The quantitative estimate of drug-likeness (QED) is 0.593. The summed E-state index contributed by atoms with van der Waals surface area (Å²) in [6.45, 7) is 4.83. The molecule has 5 nitrogen and oxygen atoms in total. The van der Waals surface area contributed by atoms with Gasteiger partial charge in [-0.2, -0.15) is 0 Å². The predicted octanol–water partition coefficient (Wildman–Crippen LogP) is 2.65. The summed E-state index contributed by atoms with van der Waals surface area (Å²) in [6, 6.07) is 27.5. The minimum Gasteiger partial charge on any atom is -0.489 e. The van der Waals surface area contributed by atoms with E-state index in [9.17, 15) is 4.79 Å². The van der Waals surface area contributed by atoms with Crippen molar-refractivity contribution in [1.29, 1.82) is 0 Å². The average Bonchev–Trinajstić information content (AvgIpc) is 2.84. The van der Waals surface area contributed by atoms with Gasteiger partial charge in [-0.3, -0.25) is 4.79 Å². The lowest BCUT2D eigenvalue weighted by molar-refractivity contribution is -0.909. The van der Waals surface area contributed by atoms with Gasteiger partial charge in [-0.15, -0.1) is 0 Å². The van der Waals surface area contributed by atoms with Gasteiger partial charge in [0, 0.05) is 5.56 Å². The van der Waals surface area contributed by atoms with E-state index in [1.54, 1.807) is 0 Å². The molecule has 1 aliphatic heterocycles. The fraction of sp³-hybridized carbons (Fsp3) is 0.269. The van der Waals surface area contributed by atoms with Crippen molar-refractivity contribution in [3.8, 4) is 5.75 Å². The van der Waals surface area contributed by atoms with Gasteiger partial charge in [0.05, 0.1) is 13.2 Å². The number of morpholine rings is 1. The van der Waals surface area contributed by atoms with Gasteiger partial charge in [-0.05, 0) is 35.4 Å². The van der Waals surface area contributed by atoms with Crippen LogP contribution < -0.4 is 15.0 Å². The minimum absolute atomic E-state index is 0.0455. The van der Waals surface area contributed by atoms with Crippen molar-refractivity contribution in [1.82, 2.24) is 5.32 Å². The lowest BCUT2D eigenvalue weighted by Crippen LogP contribution is -3.14. The molecule has 1 fully saturated rings. The Bertz CT molecular complexity index is 939. The maximum atomic E-state index is 13.0. The second-order valence-electron chi connectivity index (χ2n) is 7.80. The highest BCUT2D eigenvalue weighted by Crippen LogP contribution is 2.16. The summed E-state index contributed by atoms with van der Waals surface area (Å²) in [4.78, 5) is 14.4. The Balaban J connectivity index is 1.39. The maximum absolute atomic E-state index is 13.0. The number of carbonyl (C=O) groups is 1. The van der Waals surface area contributed by atoms with Gasteiger partial charge in [-0.25, -0.2) is 0 Å². The number of rotatable bonds is 8. The first kappa shape index (κ1) is 21.1. The second kappa shape index (κ2) is 10.8. The molecule has 1 heterocycles. The van der Waals surface area contributed by atoms with Gasteiger partial charge >= 0.3 is 0 Å². The van der Waals surface area contributed by atoms with E-state index < -0.39 is 0 Å². The Morgan fingerprint density at radius 3 is 2.23 bits per heavy atom. The molecule has 0 aromatic heterocycles. The third-order valence-electron chi connectivity index (χ3n) is 5.56. The number of carbonyl (C=O) groups excluding carboxylic acids is 1. The van der Waals surface area contributed by atoms with Crippen LogP contribution in [0.25, 0.3) is 0 Å². The fourth-order valence-electron chi connectivity index (χ4n) is 3.78. The molecule has 3 aromatic carbocycles. The summed E-state index contributed by atoms with van der Waals surface area (Å²) in [5.41, 5.74) is 2.86. The summed E-state index contributed by atoms with van der Waals surface area (Å²) in [5.74, 6) is 0.675. The molecule has 1 saturated heterocycles. The molecule has 0 bridgehead atoms. The van der Waals surface area contributed by atoms with E-state index in [-0.39, 0.29) is 11.9 Å². The van der Waals surface area contributed by atoms with Crippen LogP contribution >= 0.6 is 0 Å². The molecular formula is C26H29N2O3+. The van der Waals surface area contributed by atoms with Gasteiger partial charge in [0.25, 0.3) is 5.91 Å². The second-order valence-corrected chi connectivity index (χ2v) is 7.80. The van der Waals surface area contributed by atoms with E-state index in [0.717, 1.165) is 49.7 Å². The van der Waals surface area contributed by atoms with Crippen LogP contribution in [0.3, 0.4) is 0 Å². The van der Waals surface area contributed by atoms with E-state index in [1.165, 1.54) is 4.90 Å². The largest absolute Gasteiger partial charge is 0.489 e. The topological polar surface area (TPSA) is 52.0 Å². The zero-order chi connectivity index (χ0) is 21.3. The van der Waals surface area contributed by atoms with Gasteiger partial charge in [0.2, 0.25) is 0 Å². The zero-order valence-electron chi connectivity index (χ0n) is 17.6. The molecular weight excluding hydrogens is 388 g/mol. The molecule has 0 aliphatic carbocycles. The molecule has 0 spiro atoms. The Kier molecular flexibility index (Phi) is 7.32. The summed E-state index contributed by atoms with van der Waals surface area (Å²) < 4.78 is 11.3. The van der Waals surface area contributed by atoms with E-state index in [4.69, 9.17) is 9.47 Å².